The fourth-order valence-corrected chi connectivity index (χ4v) is 2.37. The van der Waals surface area contributed by atoms with E-state index < -0.39 is 0 Å². The summed E-state index contributed by atoms with van der Waals surface area (Å²) in [6, 6.07) is 3.78. The molecule has 1 fully saturated rings. The van der Waals surface area contributed by atoms with Crippen molar-refractivity contribution in [3.63, 3.8) is 0 Å². The Labute approximate surface area is 103 Å². The van der Waals surface area contributed by atoms with E-state index in [1.807, 2.05) is 19.1 Å². The van der Waals surface area contributed by atoms with E-state index >= 15 is 0 Å². The largest absolute Gasteiger partial charge is 0.396 e. The number of ether oxygens (including phenoxy) is 1. The van der Waals surface area contributed by atoms with Gasteiger partial charge >= 0.3 is 0 Å². The van der Waals surface area contributed by atoms with Crippen molar-refractivity contribution in [1.29, 1.82) is 0 Å². The predicted molar refractivity (Wildman–Crippen MR) is 70.0 cm³/mol. The van der Waals surface area contributed by atoms with Crippen molar-refractivity contribution >= 4 is 11.5 Å². The maximum absolute atomic E-state index is 5.96. The number of hydrogen-bond acceptors (Lipinski definition) is 4. The zero-order valence-electron chi connectivity index (χ0n) is 10.6. The van der Waals surface area contributed by atoms with Gasteiger partial charge in [0.05, 0.1) is 12.3 Å². The van der Waals surface area contributed by atoms with Crippen LogP contribution in [0.15, 0.2) is 18.3 Å². The van der Waals surface area contributed by atoms with Crippen LogP contribution in [0.5, 0.6) is 0 Å². The van der Waals surface area contributed by atoms with Gasteiger partial charge in [0, 0.05) is 31.8 Å². The van der Waals surface area contributed by atoms with Gasteiger partial charge in [0.15, 0.2) is 5.82 Å². The monoisotopic (exact) mass is 235 g/mol. The molecule has 1 aromatic rings. The molecular weight excluding hydrogens is 214 g/mol. The Balaban J connectivity index is 2.03. The van der Waals surface area contributed by atoms with Crippen LogP contribution in [-0.4, -0.2) is 31.3 Å². The second kappa shape index (κ2) is 5.36. The number of anilines is 2. The molecule has 0 spiro atoms. The van der Waals surface area contributed by atoms with Crippen LogP contribution in [0.2, 0.25) is 0 Å². The number of pyridine rings is 1. The van der Waals surface area contributed by atoms with Crippen LogP contribution in [0.3, 0.4) is 0 Å². The maximum atomic E-state index is 5.96. The van der Waals surface area contributed by atoms with Gasteiger partial charge in [-0.25, -0.2) is 4.98 Å². The molecule has 0 saturated carbocycles. The summed E-state index contributed by atoms with van der Waals surface area (Å²) in [6.45, 7) is 7.92. The average Bonchev–Trinajstić information content (AvgIpc) is 2.68. The summed E-state index contributed by atoms with van der Waals surface area (Å²) in [7, 11) is 0. The number of rotatable bonds is 4. The summed E-state index contributed by atoms with van der Waals surface area (Å²) < 4.78 is 5.52. The minimum atomic E-state index is 0.580. The molecule has 0 aromatic carbocycles. The lowest BCUT2D eigenvalue weighted by molar-refractivity contribution is 0.104. The van der Waals surface area contributed by atoms with Crippen LogP contribution in [0.4, 0.5) is 11.5 Å². The highest BCUT2D eigenvalue weighted by Crippen LogP contribution is 2.29. The van der Waals surface area contributed by atoms with Gasteiger partial charge in [-0.3, -0.25) is 0 Å². The van der Waals surface area contributed by atoms with Gasteiger partial charge < -0.3 is 15.4 Å². The second-order valence-corrected chi connectivity index (χ2v) is 4.72. The lowest BCUT2D eigenvalue weighted by atomic mass is 9.99. The Hall–Kier alpha value is -1.29. The molecule has 1 aliphatic rings. The first-order valence-corrected chi connectivity index (χ1v) is 6.25. The highest BCUT2D eigenvalue weighted by atomic mass is 16.5. The van der Waals surface area contributed by atoms with Gasteiger partial charge in [0.25, 0.3) is 0 Å². The van der Waals surface area contributed by atoms with E-state index in [0.29, 0.717) is 11.8 Å². The van der Waals surface area contributed by atoms with Crippen molar-refractivity contribution < 1.29 is 4.74 Å². The van der Waals surface area contributed by atoms with Crippen LogP contribution in [0.1, 0.15) is 13.8 Å². The zero-order valence-corrected chi connectivity index (χ0v) is 10.6. The van der Waals surface area contributed by atoms with Crippen molar-refractivity contribution in [2.75, 3.05) is 36.9 Å². The SMILES string of the molecule is CCOCC1CN(c2ncccc2N)CC1C. The highest BCUT2D eigenvalue weighted by Gasteiger charge is 2.30. The van der Waals surface area contributed by atoms with Gasteiger partial charge in [-0.1, -0.05) is 6.92 Å². The number of nitrogens with zero attached hydrogens (tertiary/aromatic N) is 2. The third kappa shape index (κ3) is 2.69. The van der Waals surface area contributed by atoms with Crippen molar-refractivity contribution in [1.82, 2.24) is 4.98 Å². The van der Waals surface area contributed by atoms with E-state index in [2.05, 4.69) is 16.8 Å². The first-order valence-electron chi connectivity index (χ1n) is 6.25. The number of nitrogens with two attached hydrogens (primary N) is 1. The molecule has 4 nitrogen and oxygen atoms in total. The van der Waals surface area contributed by atoms with Gasteiger partial charge in [-0.05, 0) is 25.0 Å². The van der Waals surface area contributed by atoms with E-state index in [9.17, 15) is 0 Å². The summed E-state index contributed by atoms with van der Waals surface area (Å²) in [6.07, 6.45) is 1.80. The van der Waals surface area contributed by atoms with Crippen molar-refractivity contribution in [2.45, 2.75) is 13.8 Å². The molecule has 0 aliphatic carbocycles. The highest BCUT2D eigenvalue weighted by molar-refractivity contribution is 5.62. The maximum Gasteiger partial charge on any atom is 0.151 e. The van der Waals surface area contributed by atoms with Gasteiger partial charge in [0.1, 0.15) is 0 Å². The van der Waals surface area contributed by atoms with Crippen molar-refractivity contribution in [3.8, 4) is 0 Å². The number of aromatic nitrogens is 1. The molecule has 2 rings (SSSR count). The molecule has 2 heterocycles. The zero-order chi connectivity index (χ0) is 12.3. The molecule has 2 unspecified atom stereocenters. The van der Waals surface area contributed by atoms with E-state index in [4.69, 9.17) is 10.5 Å². The van der Waals surface area contributed by atoms with Crippen LogP contribution in [0.25, 0.3) is 0 Å². The molecule has 1 aliphatic heterocycles. The van der Waals surface area contributed by atoms with E-state index in [0.717, 1.165) is 37.8 Å². The fourth-order valence-electron chi connectivity index (χ4n) is 2.37. The number of hydrogen-bond donors (Lipinski definition) is 1. The van der Waals surface area contributed by atoms with Crippen molar-refractivity contribution in [3.05, 3.63) is 18.3 Å². The average molecular weight is 235 g/mol. The molecule has 94 valence electrons. The van der Waals surface area contributed by atoms with E-state index in [1.54, 1.807) is 6.20 Å². The standard InChI is InChI=1S/C13H21N3O/c1-3-17-9-11-8-16(7-10(11)2)13-12(14)5-4-6-15-13/h4-6,10-11H,3,7-9,14H2,1-2H3. The fraction of sp³-hybridized carbons (Fsp3) is 0.615. The third-order valence-corrected chi connectivity index (χ3v) is 3.42. The normalized spacial score (nSPS) is 24.2. The Kier molecular flexibility index (Phi) is 3.84. The van der Waals surface area contributed by atoms with Crippen LogP contribution in [-0.2, 0) is 4.74 Å². The Morgan fingerprint density at radius 1 is 1.53 bits per heavy atom. The Morgan fingerprint density at radius 2 is 2.35 bits per heavy atom. The van der Waals surface area contributed by atoms with Gasteiger partial charge in [0.2, 0.25) is 0 Å². The Morgan fingerprint density at radius 3 is 3.06 bits per heavy atom. The molecule has 17 heavy (non-hydrogen) atoms. The van der Waals surface area contributed by atoms with E-state index in [-0.39, 0.29) is 0 Å². The van der Waals surface area contributed by atoms with Gasteiger partial charge in [-0.2, -0.15) is 0 Å². The minimum Gasteiger partial charge on any atom is -0.396 e. The molecule has 0 bridgehead atoms. The second-order valence-electron chi connectivity index (χ2n) is 4.72. The quantitative estimate of drug-likeness (QED) is 0.864. The first-order chi connectivity index (χ1) is 8.22. The molecule has 2 atom stereocenters. The third-order valence-electron chi connectivity index (χ3n) is 3.42. The Bertz CT molecular complexity index is 369. The molecule has 0 amide bonds. The molecule has 1 aromatic heterocycles. The molecule has 0 radical (unpaired) electrons. The molecule has 4 heteroatoms. The molecule has 1 saturated heterocycles. The van der Waals surface area contributed by atoms with Crippen LogP contribution >= 0.6 is 0 Å². The molecule has 2 N–H and O–H groups in total. The predicted octanol–water partition coefficient (Wildman–Crippen LogP) is 1.77. The van der Waals surface area contributed by atoms with Crippen LogP contribution < -0.4 is 10.6 Å². The topological polar surface area (TPSA) is 51.4 Å². The minimum absolute atomic E-state index is 0.580. The number of nitrogen functional groups attached to an aromatic ring is 1. The lowest BCUT2D eigenvalue weighted by Crippen LogP contribution is -2.23. The van der Waals surface area contributed by atoms with Crippen LogP contribution in [0, 0.1) is 11.8 Å². The lowest BCUT2D eigenvalue weighted by Gasteiger charge is -2.18. The van der Waals surface area contributed by atoms with Gasteiger partial charge in [-0.15, -0.1) is 0 Å². The summed E-state index contributed by atoms with van der Waals surface area (Å²) >= 11 is 0. The summed E-state index contributed by atoms with van der Waals surface area (Å²) in [5.41, 5.74) is 6.72. The first kappa shape index (κ1) is 12.2. The molecular formula is C13H21N3O. The smallest absolute Gasteiger partial charge is 0.151 e. The summed E-state index contributed by atoms with van der Waals surface area (Å²) in [4.78, 5) is 6.64. The van der Waals surface area contributed by atoms with E-state index in [1.165, 1.54) is 0 Å². The summed E-state index contributed by atoms with van der Waals surface area (Å²) in [5, 5.41) is 0. The summed E-state index contributed by atoms with van der Waals surface area (Å²) in [5.74, 6) is 2.12. The van der Waals surface area contributed by atoms with Crippen molar-refractivity contribution in [2.24, 2.45) is 11.8 Å².